The van der Waals surface area contributed by atoms with Gasteiger partial charge in [0.1, 0.15) is 11.8 Å². The molecule has 0 bridgehead atoms. The molecule has 0 spiro atoms. The zero-order chi connectivity index (χ0) is 22.5. The monoisotopic (exact) mass is 424 g/mol. The number of H-pyrrole nitrogens is 1. The number of carbonyl (C=O) groups is 3. The minimum absolute atomic E-state index is 0.0142. The lowest BCUT2D eigenvalue weighted by Gasteiger charge is -2.21. The maximum absolute atomic E-state index is 12.9. The van der Waals surface area contributed by atoms with Gasteiger partial charge in [-0.25, -0.2) is 0 Å². The number of amides is 2. The van der Waals surface area contributed by atoms with Gasteiger partial charge in [-0.15, -0.1) is 0 Å². The first-order chi connectivity index (χ1) is 14.8. The van der Waals surface area contributed by atoms with Gasteiger partial charge in [-0.2, -0.15) is 5.26 Å². The van der Waals surface area contributed by atoms with Gasteiger partial charge in [-0.1, -0.05) is 19.9 Å². The number of phenolic OH excluding ortho intramolecular Hbond substituents is 1. The van der Waals surface area contributed by atoms with Crippen LogP contribution in [0.15, 0.2) is 24.3 Å². The van der Waals surface area contributed by atoms with E-state index in [0.29, 0.717) is 36.0 Å². The highest BCUT2D eigenvalue weighted by Gasteiger charge is 2.30. The number of Topliss-reactive ketones (excluding diaryl/α,β-unsaturated/α-hetero) is 1. The number of benzene rings is 1. The molecule has 2 aromatic rings. The summed E-state index contributed by atoms with van der Waals surface area (Å²) in [5.74, 6) is -1.31. The van der Waals surface area contributed by atoms with Crippen molar-refractivity contribution in [1.29, 1.82) is 5.26 Å². The van der Waals surface area contributed by atoms with E-state index in [-0.39, 0.29) is 48.0 Å². The zero-order valence-electron chi connectivity index (χ0n) is 17.8. The van der Waals surface area contributed by atoms with Crippen LogP contribution in [0, 0.1) is 29.1 Å². The fraction of sp³-hybridized carbons (Fsp3) is 0.478. The second-order valence-corrected chi connectivity index (χ2v) is 8.58. The molecule has 1 aromatic heterocycles. The summed E-state index contributed by atoms with van der Waals surface area (Å²) in [5, 5.41) is 25.4. The molecule has 0 radical (unpaired) electrons. The fourth-order valence-electron chi connectivity index (χ4n) is 4.06. The summed E-state index contributed by atoms with van der Waals surface area (Å²) < 4.78 is 0. The van der Waals surface area contributed by atoms with Crippen LogP contribution >= 0.6 is 0 Å². The van der Waals surface area contributed by atoms with Crippen molar-refractivity contribution < 1.29 is 19.5 Å². The largest absolute Gasteiger partial charge is 0.507 e. The van der Waals surface area contributed by atoms with Crippen LogP contribution < -0.4 is 10.6 Å². The van der Waals surface area contributed by atoms with Gasteiger partial charge in [-0.05, 0) is 43.4 Å². The lowest BCUT2D eigenvalue weighted by Crippen LogP contribution is -2.41. The maximum atomic E-state index is 12.9. The molecule has 0 unspecified atom stereocenters. The van der Waals surface area contributed by atoms with E-state index >= 15 is 0 Å². The molecule has 1 fully saturated rings. The minimum Gasteiger partial charge on any atom is -0.507 e. The molecule has 164 valence electrons. The van der Waals surface area contributed by atoms with Gasteiger partial charge in [-0.3, -0.25) is 14.4 Å². The Hall–Kier alpha value is -3.34. The molecule has 8 heteroatoms. The molecule has 1 aliphatic heterocycles. The average Bonchev–Trinajstić information content (AvgIpc) is 3.33. The molecule has 1 aliphatic rings. The van der Waals surface area contributed by atoms with E-state index in [1.807, 2.05) is 13.8 Å². The van der Waals surface area contributed by atoms with E-state index in [1.165, 1.54) is 0 Å². The molecule has 0 aliphatic carbocycles. The fourth-order valence-corrected chi connectivity index (χ4v) is 4.06. The smallest absolute Gasteiger partial charge is 0.224 e. The molecule has 2 heterocycles. The topological polar surface area (TPSA) is 135 Å². The van der Waals surface area contributed by atoms with Crippen molar-refractivity contribution in [3.63, 3.8) is 0 Å². The Labute approximate surface area is 181 Å². The molecule has 1 aromatic carbocycles. The minimum atomic E-state index is -0.781. The second-order valence-electron chi connectivity index (χ2n) is 8.58. The SMILES string of the molecule is CC(C)C[C@H](CC(=O)c1cc2c(O)cccc2[nH]1)C(=O)N[C@H](C#N)C[C@@H]1CCNC1=O. The van der Waals surface area contributed by atoms with Gasteiger partial charge in [0.05, 0.1) is 11.8 Å². The summed E-state index contributed by atoms with van der Waals surface area (Å²) in [6.45, 7) is 4.52. The zero-order valence-corrected chi connectivity index (χ0v) is 17.8. The third-order valence-corrected chi connectivity index (χ3v) is 5.66. The van der Waals surface area contributed by atoms with Crippen molar-refractivity contribution in [1.82, 2.24) is 15.6 Å². The molecule has 1 saturated heterocycles. The predicted octanol–water partition coefficient (Wildman–Crippen LogP) is 2.64. The Morgan fingerprint density at radius 1 is 1.35 bits per heavy atom. The molecular weight excluding hydrogens is 396 g/mol. The Morgan fingerprint density at radius 3 is 2.74 bits per heavy atom. The highest BCUT2D eigenvalue weighted by Crippen LogP contribution is 2.27. The lowest BCUT2D eigenvalue weighted by molar-refractivity contribution is -0.127. The molecule has 3 atom stereocenters. The molecule has 4 N–H and O–H groups in total. The van der Waals surface area contributed by atoms with E-state index in [9.17, 15) is 24.8 Å². The van der Waals surface area contributed by atoms with Gasteiger partial charge >= 0.3 is 0 Å². The van der Waals surface area contributed by atoms with Crippen LogP contribution in [0.3, 0.4) is 0 Å². The van der Waals surface area contributed by atoms with Crippen molar-refractivity contribution >= 4 is 28.5 Å². The lowest BCUT2D eigenvalue weighted by atomic mass is 9.90. The maximum Gasteiger partial charge on any atom is 0.224 e. The van der Waals surface area contributed by atoms with Crippen LogP contribution in [0.5, 0.6) is 5.75 Å². The van der Waals surface area contributed by atoms with Crippen molar-refractivity contribution in [2.75, 3.05) is 6.54 Å². The Kier molecular flexibility index (Phi) is 6.95. The number of aromatic nitrogens is 1. The molecule has 0 saturated carbocycles. The highest BCUT2D eigenvalue weighted by molar-refractivity contribution is 6.02. The predicted molar refractivity (Wildman–Crippen MR) is 115 cm³/mol. The first kappa shape index (κ1) is 22.3. The van der Waals surface area contributed by atoms with E-state index in [4.69, 9.17) is 0 Å². The number of fused-ring (bicyclic) bond motifs is 1. The van der Waals surface area contributed by atoms with Gasteiger partial charge in [0, 0.05) is 35.7 Å². The quantitative estimate of drug-likeness (QED) is 0.459. The Balaban J connectivity index is 1.70. The number of ketones is 1. The first-order valence-corrected chi connectivity index (χ1v) is 10.6. The third-order valence-electron chi connectivity index (χ3n) is 5.66. The van der Waals surface area contributed by atoms with E-state index in [1.54, 1.807) is 24.3 Å². The molecular formula is C23H28N4O4. The number of nitrogens with zero attached hydrogens (tertiary/aromatic N) is 1. The number of hydrogen-bond acceptors (Lipinski definition) is 5. The number of phenols is 1. The Morgan fingerprint density at radius 2 is 2.13 bits per heavy atom. The number of carbonyl (C=O) groups excluding carboxylic acids is 3. The highest BCUT2D eigenvalue weighted by atomic mass is 16.3. The van der Waals surface area contributed by atoms with Crippen LogP contribution in [-0.2, 0) is 9.59 Å². The number of rotatable bonds is 9. The number of nitrogens with one attached hydrogen (secondary N) is 3. The van der Waals surface area contributed by atoms with Crippen LogP contribution in [-0.4, -0.2) is 40.3 Å². The van der Waals surface area contributed by atoms with Crippen molar-refractivity contribution in [2.24, 2.45) is 17.8 Å². The number of nitriles is 1. The molecule has 8 nitrogen and oxygen atoms in total. The van der Waals surface area contributed by atoms with Crippen molar-refractivity contribution in [2.45, 2.75) is 45.6 Å². The van der Waals surface area contributed by atoms with Crippen LogP contribution in [0.2, 0.25) is 0 Å². The van der Waals surface area contributed by atoms with Crippen molar-refractivity contribution in [3.05, 3.63) is 30.0 Å². The molecule has 31 heavy (non-hydrogen) atoms. The number of aromatic hydroxyl groups is 1. The van der Waals surface area contributed by atoms with Gasteiger partial charge in [0.15, 0.2) is 5.78 Å². The summed E-state index contributed by atoms with van der Waals surface area (Å²) >= 11 is 0. The second kappa shape index (κ2) is 9.65. The standard InChI is InChI=1S/C23H28N4O4/c1-13(2)8-15(23(31)26-16(12-24)9-14-6-7-25-22(14)30)10-21(29)19-11-17-18(27-19)4-3-5-20(17)28/h3-5,11,13-16,27-28H,6-10H2,1-2H3,(H,25,30)(H,26,31)/t14-,15+,16-/m0/s1. The summed E-state index contributed by atoms with van der Waals surface area (Å²) in [4.78, 5) is 40.6. The number of aromatic amines is 1. The average molecular weight is 425 g/mol. The van der Waals surface area contributed by atoms with Gasteiger partial charge in [0.2, 0.25) is 11.8 Å². The summed E-state index contributed by atoms with van der Waals surface area (Å²) in [5.41, 5.74) is 0.977. The van der Waals surface area contributed by atoms with E-state index < -0.39 is 12.0 Å². The van der Waals surface area contributed by atoms with Gasteiger partial charge in [0.25, 0.3) is 0 Å². The normalized spacial score (nSPS) is 17.9. The Bertz CT molecular complexity index is 1020. The summed E-state index contributed by atoms with van der Waals surface area (Å²) in [6, 6.07) is 7.87. The van der Waals surface area contributed by atoms with Gasteiger partial charge < -0.3 is 20.7 Å². The van der Waals surface area contributed by atoms with Crippen LogP contribution in [0.4, 0.5) is 0 Å². The van der Waals surface area contributed by atoms with Crippen molar-refractivity contribution in [3.8, 4) is 11.8 Å². The van der Waals surface area contributed by atoms with Crippen LogP contribution in [0.25, 0.3) is 10.9 Å². The van der Waals surface area contributed by atoms with E-state index in [2.05, 4.69) is 21.7 Å². The first-order valence-electron chi connectivity index (χ1n) is 10.6. The summed E-state index contributed by atoms with van der Waals surface area (Å²) in [6.07, 6.45) is 1.39. The van der Waals surface area contributed by atoms with Crippen LogP contribution in [0.1, 0.15) is 50.0 Å². The summed E-state index contributed by atoms with van der Waals surface area (Å²) in [7, 11) is 0. The van der Waals surface area contributed by atoms with E-state index in [0.717, 1.165) is 0 Å². The third kappa shape index (κ3) is 5.43. The molecule has 2 amide bonds. The number of hydrogen-bond donors (Lipinski definition) is 4. The molecule has 3 rings (SSSR count).